The maximum atomic E-state index is 11.0. The van der Waals surface area contributed by atoms with E-state index in [0.29, 0.717) is 11.6 Å². The predicted octanol–water partition coefficient (Wildman–Crippen LogP) is 3.68. The summed E-state index contributed by atoms with van der Waals surface area (Å²) < 4.78 is 5.63. The Morgan fingerprint density at radius 3 is 2.55 bits per heavy atom. The molecule has 1 fully saturated rings. The average molecular weight is 299 g/mol. The molecule has 0 unspecified atom stereocenters. The first-order chi connectivity index (χ1) is 9.50. The van der Waals surface area contributed by atoms with Crippen molar-refractivity contribution in [1.82, 2.24) is 0 Å². The van der Waals surface area contributed by atoms with Crippen molar-refractivity contribution >= 4 is 17.3 Å². The van der Waals surface area contributed by atoms with Crippen LogP contribution in [0.4, 0.5) is 5.69 Å². The van der Waals surface area contributed by atoms with Crippen molar-refractivity contribution < 1.29 is 9.66 Å². The molecule has 0 aliphatic heterocycles. The molecule has 20 heavy (non-hydrogen) atoms. The third-order valence-electron chi connectivity index (χ3n) is 3.73. The highest BCUT2D eigenvalue weighted by Crippen LogP contribution is 2.32. The lowest BCUT2D eigenvalue weighted by molar-refractivity contribution is -0.385. The molecule has 2 rings (SSSR count). The van der Waals surface area contributed by atoms with E-state index in [1.807, 2.05) is 0 Å². The van der Waals surface area contributed by atoms with Crippen molar-refractivity contribution in [1.29, 1.82) is 0 Å². The number of ether oxygens (including phenoxy) is 1. The van der Waals surface area contributed by atoms with E-state index in [2.05, 4.69) is 0 Å². The molecule has 0 spiro atoms. The van der Waals surface area contributed by atoms with Crippen LogP contribution in [-0.4, -0.2) is 17.1 Å². The largest absolute Gasteiger partial charge is 0.485 e. The second-order valence-electron chi connectivity index (χ2n) is 5.43. The number of nitro benzene ring substituents is 1. The molecule has 0 bridgehead atoms. The fraction of sp³-hybridized carbons (Fsp3) is 0.571. The monoisotopic (exact) mass is 298 g/mol. The molecule has 110 valence electrons. The maximum Gasteiger partial charge on any atom is 0.312 e. The lowest BCUT2D eigenvalue weighted by Crippen LogP contribution is -2.45. The Balaban J connectivity index is 2.08. The van der Waals surface area contributed by atoms with E-state index in [0.717, 1.165) is 25.7 Å². The Bertz CT molecular complexity index is 485. The van der Waals surface area contributed by atoms with Gasteiger partial charge in [0.05, 0.1) is 10.5 Å². The van der Waals surface area contributed by atoms with E-state index < -0.39 is 4.92 Å². The number of nitrogens with zero attached hydrogens (tertiary/aromatic N) is 1. The maximum absolute atomic E-state index is 11.0. The van der Waals surface area contributed by atoms with Crippen molar-refractivity contribution in [3.63, 3.8) is 0 Å². The van der Waals surface area contributed by atoms with Gasteiger partial charge in [-0.2, -0.15) is 0 Å². The van der Waals surface area contributed by atoms with Crippen molar-refractivity contribution in [3.8, 4) is 5.75 Å². The first-order valence-corrected chi connectivity index (χ1v) is 7.24. The minimum absolute atomic E-state index is 0.116. The summed E-state index contributed by atoms with van der Waals surface area (Å²) in [6.07, 6.45) is 6.36. The number of benzene rings is 1. The van der Waals surface area contributed by atoms with Crippen LogP contribution in [0.25, 0.3) is 0 Å². The van der Waals surface area contributed by atoms with Gasteiger partial charge in [-0.3, -0.25) is 10.1 Å². The van der Waals surface area contributed by atoms with E-state index in [-0.39, 0.29) is 17.0 Å². The molecule has 0 radical (unpaired) electrons. The quantitative estimate of drug-likeness (QED) is 0.522. The Labute approximate surface area is 123 Å². The molecule has 1 aliphatic rings. The Morgan fingerprint density at radius 1 is 1.30 bits per heavy atom. The highest BCUT2D eigenvalue weighted by molar-refractivity contribution is 6.30. The zero-order chi connectivity index (χ0) is 14.6. The molecule has 6 heteroatoms. The van der Waals surface area contributed by atoms with Crippen LogP contribution in [0.3, 0.4) is 0 Å². The van der Waals surface area contributed by atoms with E-state index in [1.165, 1.54) is 25.0 Å². The Hall–Kier alpha value is -1.33. The van der Waals surface area contributed by atoms with E-state index in [4.69, 9.17) is 22.1 Å². The summed E-state index contributed by atoms with van der Waals surface area (Å²) in [4.78, 5) is 10.5. The number of halogens is 1. The molecular weight excluding hydrogens is 280 g/mol. The van der Waals surface area contributed by atoms with Gasteiger partial charge in [-0.05, 0) is 25.0 Å². The average Bonchev–Trinajstić information content (AvgIpc) is 2.62. The minimum atomic E-state index is -0.489. The summed E-state index contributed by atoms with van der Waals surface area (Å²) >= 11 is 5.77. The van der Waals surface area contributed by atoms with Gasteiger partial charge in [0, 0.05) is 11.1 Å². The van der Waals surface area contributed by atoms with Crippen LogP contribution in [0.1, 0.15) is 38.5 Å². The van der Waals surface area contributed by atoms with Gasteiger partial charge in [0.25, 0.3) is 0 Å². The molecule has 0 amide bonds. The zero-order valence-electron chi connectivity index (χ0n) is 11.3. The van der Waals surface area contributed by atoms with Crippen LogP contribution in [-0.2, 0) is 0 Å². The van der Waals surface area contributed by atoms with Crippen LogP contribution in [0.2, 0.25) is 5.02 Å². The molecule has 0 saturated heterocycles. The van der Waals surface area contributed by atoms with Gasteiger partial charge in [0.15, 0.2) is 5.75 Å². The number of hydrogen-bond donors (Lipinski definition) is 1. The fourth-order valence-electron chi connectivity index (χ4n) is 2.55. The van der Waals surface area contributed by atoms with Gasteiger partial charge in [-0.1, -0.05) is 37.3 Å². The van der Waals surface area contributed by atoms with Gasteiger partial charge in [0.2, 0.25) is 0 Å². The summed E-state index contributed by atoms with van der Waals surface area (Å²) in [5, 5.41) is 11.3. The number of nitro groups is 1. The summed E-state index contributed by atoms with van der Waals surface area (Å²) in [6.45, 7) is 0.301. The molecule has 1 saturated carbocycles. The van der Waals surface area contributed by atoms with Gasteiger partial charge in [0.1, 0.15) is 6.61 Å². The number of rotatable bonds is 4. The molecule has 0 atom stereocenters. The molecule has 5 nitrogen and oxygen atoms in total. The van der Waals surface area contributed by atoms with E-state index in [9.17, 15) is 10.1 Å². The smallest absolute Gasteiger partial charge is 0.312 e. The molecule has 2 N–H and O–H groups in total. The molecule has 1 aromatic carbocycles. The van der Waals surface area contributed by atoms with Crippen LogP contribution < -0.4 is 10.5 Å². The lowest BCUT2D eigenvalue weighted by Gasteiger charge is -2.27. The third kappa shape index (κ3) is 3.84. The van der Waals surface area contributed by atoms with Crippen molar-refractivity contribution in [2.45, 2.75) is 44.1 Å². The number of hydrogen-bond acceptors (Lipinski definition) is 4. The second-order valence-corrected chi connectivity index (χ2v) is 5.87. The summed E-state index contributed by atoms with van der Waals surface area (Å²) in [7, 11) is 0. The lowest BCUT2D eigenvalue weighted by atomic mass is 9.92. The van der Waals surface area contributed by atoms with Crippen LogP contribution in [0.5, 0.6) is 5.75 Å². The van der Waals surface area contributed by atoms with E-state index in [1.54, 1.807) is 6.07 Å². The van der Waals surface area contributed by atoms with Gasteiger partial charge < -0.3 is 10.5 Å². The van der Waals surface area contributed by atoms with Crippen molar-refractivity contribution in [2.24, 2.45) is 5.73 Å². The summed E-state index contributed by atoms with van der Waals surface area (Å²) in [5.41, 5.74) is 5.84. The van der Waals surface area contributed by atoms with Gasteiger partial charge in [-0.15, -0.1) is 0 Å². The second kappa shape index (κ2) is 6.41. The Morgan fingerprint density at radius 2 is 1.95 bits per heavy atom. The van der Waals surface area contributed by atoms with Gasteiger partial charge in [-0.25, -0.2) is 0 Å². The molecule has 1 aliphatic carbocycles. The zero-order valence-corrected chi connectivity index (χ0v) is 12.1. The first kappa shape index (κ1) is 15.1. The topological polar surface area (TPSA) is 78.4 Å². The van der Waals surface area contributed by atoms with Gasteiger partial charge >= 0.3 is 5.69 Å². The number of nitrogens with two attached hydrogens (primary N) is 1. The highest BCUT2D eigenvalue weighted by atomic mass is 35.5. The SMILES string of the molecule is NC1(COc2ccc(Cl)cc2[N+](=O)[O-])CCCCCC1. The summed E-state index contributed by atoms with van der Waals surface area (Å²) in [6, 6.07) is 4.41. The van der Waals surface area contributed by atoms with Crippen molar-refractivity contribution in [2.75, 3.05) is 6.61 Å². The highest BCUT2D eigenvalue weighted by Gasteiger charge is 2.28. The third-order valence-corrected chi connectivity index (χ3v) is 3.97. The molecular formula is C14H19ClN2O3. The molecule has 1 aromatic rings. The molecule has 0 aromatic heterocycles. The summed E-state index contributed by atoms with van der Waals surface area (Å²) in [5.74, 6) is 0.230. The normalized spacial score (nSPS) is 18.3. The Kier molecular flexibility index (Phi) is 4.83. The van der Waals surface area contributed by atoms with Crippen LogP contribution in [0.15, 0.2) is 18.2 Å². The standard InChI is InChI=1S/C14H19ClN2O3/c15-11-5-6-13(12(9-11)17(18)19)20-10-14(16)7-3-1-2-4-8-14/h5-6,9H,1-4,7-8,10,16H2. The molecule has 0 heterocycles. The minimum Gasteiger partial charge on any atom is -0.485 e. The van der Waals surface area contributed by atoms with E-state index >= 15 is 0 Å². The van der Waals surface area contributed by atoms with Crippen LogP contribution in [0, 0.1) is 10.1 Å². The first-order valence-electron chi connectivity index (χ1n) is 6.86. The van der Waals surface area contributed by atoms with Crippen LogP contribution >= 0.6 is 11.6 Å². The van der Waals surface area contributed by atoms with Crippen molar-refractivity contribution in [3.05, 3.63) is 33.3 Å². The predicted molar refractivity (Wildman–Crippen MR) is 78.2 cm³/mol. The fourth-order valence-corrected chi connectivity index (χ4v) is 2.72.